The van der Waals surface area contributed by atoms with Gasteiger partial charge in [0.05, 0.1) is 34.5 Å². The van der Waals surface area contributed by atoms with Crippen molar-refractivity contribution in [1.29, 1.82) is 0 Å². The maximum Gasteiger partial charge on any atom is 0.387 e. The van der Waals surface area contributed by atoms with E-state index in [1.54, 1.807) is 52.0 Å². The second-order valence-electron chi connectivity index (χ2n) is 12.8. The van der Waals surface area contributed by atoms with Gasteiger partial charge in [0.1, 0.15) is 11.5 Å². The third-order valence-corrected chi connectivity index (χ3v) is 7.38. The summed E-state index contributed by atoms with van der Waals surface area (Å²) in [6.45, 7) is 9.11. The summed E-state index contributed by atoms with van der Waals surface area (Å²) in [7, 11) is 0. The Kier molecular flexibility index (Phi) is 12.7. The van der Waals surface area contributed by atoms with Crippen LogP contribution in [0.2, 0.25) is 0 Å². The summed E-state index contributed by atoms with van der Waals surface area (Å²) in [5, 5.41) is 0. The third kappa shape index (κ3) is 9.73. The minimum atomic E-state index is -1.97. The van der Waals surface area contributed by atoms with Gasteiger partial charge >= 0.3 is 23.9 Å². The van der Waals surface area contributed by atoms with Gasteiger partial charge in [0.15, 0.2) is 11.6 Å². The summed E-state index contributed by atoms with van der Waals surface area (Å²) in [4.78, 5) is 89.0. The molecule has 4 rings (SSSR count). The van der Waals surface area contributed by atoms with Crippen molar-refractivity contribution in [3.63, 3.8) is 0 Å². The Morgan fingerprint density at radius 3 is 1.06 bits per heavy atom. The third-order valence-electron chi connectivity index (χ3n) is 7.38. The van der Waals surface area contributed by atoms with Crippen LogP contribution in [-0.2, 0) is 28.8 Å². The predicted molar refractivity (Wildman–Crippen MR) is 192 cm³/mol. The van der Waals surface area contributed by atoms with E-state index in [-0.39, 0.29) is 44.9 Å². The Labute approximate surface area is 311 Å². The molecule has 54 heavy (non-hydrogen) atoms. The molecule has 0 bridgehead atoms. The molecule has 2 unspecified atom stereocenters. The summed E-state index contributed by atoms with van der Waals surface area (Å²) in [5.74, 6) is -5.71. The molecule has 4 aromatic rings. The Hall–Kier alpha value is -6.38. The number of rotatable bonds is 14. The van der Waals surface area contributed by atoms with Gasteiger partial charge < -0.3 is 18.9 Å². The van der Waals surface area contributed by atoms with E-state index in [0.717, 1.165) is 0 Å². The lowest BCUT2D eigenvalue weighted by Gasteiger charge is -2.26. The van der Waals surface area contributed by atoms with Gasteiger partial charge in [-0.2, -0.15) is 0 Å². The fourth-order valence-corrected chi connectivity index (χ4v) is 4.86. The molecule has 0 radical (unpaired) electrons. The van der Waals surface area contributed by atoms with Crippen LogP contribution >= 0.6 is 0 Å². The summed E-state index contributed by atoms with van der Waals surface area (Å²) >= 11 is 0. The Morgan fingerprint density at radius 2 is 0.741 bits per heavy atom. The van der Waals surface area contributed by atoms with Crippen molar-refractivity contribution in [2.75, 3.05) is 0 Å². The second-order valence-corrected chi connectivity index (χ2v) is 12.8. The number of carbonyl (C=O) groups is 6. The van der Waals surface area contributed by atoms with Crippen LogP contribution in [0.1, 0.15) is 94.1 Å². The molecular formula is C40H40N2O12. The molecule has 0 spiro atoms. The first kappa shape index (κ1) is 40.4. The van der Waals surface area contributed by atoms with Crippen molar-refractivity contribution >= 4 is 35.4 Å². The van der Waals surface area contributed by atoms with Crippen molar-refractivity contribution in [2.24, 2.45) is 11.5 Å². The standard InChI is InChI=1S/C40H40N2O12/c1-23(2)49-37(47)39(5,41)51-31-21-13-11-19-29(31)33(43)25-15-7-9-17-27(25)35(45)53-54-36(46)28-18-10-8-16-26(28)34(44)30-20-12-14-22-32(30)52-40(6,42)38(48)50-24(3)4/h7-24H,41-42H2,1-6H3. The molecule has 0 aliphatic carbocycles. The van der Waals surface area contributed by atoms with Crippen molar-refractivity contribution in [3.8, 4) is 11.5 Å². The van der Waals surface area contributed by atoms with Crippen LogP contribution in [0, 0.1) is 0 Å². The van der Waals surface area contributed by atoms with Crippen LogP contribution in [0.5, 0.6) is 11.5 Å². The van der Waals surface area contributed by atoms with Crippen LogP contribution < -0.4 is 20.9 Å². The SMILES string of the molecule is CC(C)OC(=O)C(C)(N)Oc1ccccc1C(=O)c1ccccc1C(=O)OOC(=O)c1ccccc1C(=O)c1ccccc1OC(C)(N)C(=O)OC(C)C. The highest BCUT2D eigenvalue weighted by Crippen LogP contribution is 2.28. The van der Waals surface area contributed by atoms with E-state index in [0.29, 0.717) is 0 Å². The first-order valence-electron chi connectivity index (χ1n) is 16.7. The zero-order chi connectivity index (χ0) is 39.8. The highest BCUT2D eigenvalue weighted by atomic mass is 17.2. The fraction of sp³-hybridized carbons (Fsp3) is 0.250. The zero-order valence-electron chi connectivity index (χ0n) is 30.4. The molecule has 282 valence electrons. The number of ketones is 2. The number of benzene rings is 4. The molecule has 0 fully saturated rings. The first-order chi connectivity index (χ1) is 25.4. The van der Waals surface area contributed by atoms with Gasteiger partial charge in [-0.3, -0.25) is 21.1 Å². The predicted octanol–water partition coefficient (Wildman–Crippen LogP) is 5.09. The van der Waals surface area contributed by atoms with Crippen LogP contribution in [0.4, 0.5) is 0 Å². The van der Waals surface area contributed by atoms with Crippen molar-refractivity contribution in [3.05, 3.63) is 130 Å². The molecule has 14 nitrogen and oxygen atoms in total. The molecule has 2 atom stereocenters. The molecule has 0 aromatic heterocycles. The summed E-state index contributed by atoms with van der Waals surface area (Å²) in [5.41, 5.74) is 7.25. The average molecular weight is 741 g/mol. The number of hydrogen-bond acceptors (Lipinski definition) is 14. The average Bonchev–Trinajstić information content (AvgIpc) is 3.12. The van der Waals surface area contributed by atoms with E-state index in [1.807, 2.05) is 0 Å². The number of esters is 2. The van der Waals surface area contributed by atoms with E-state index in [9.17, 15) is 28.8 Å². The smallest absolute Gasteiger partial charge is 0.387 e. The minimum absolute atomic E-state index is 0.0489. The van der Waals surface area contributed by atoms with Crippen LogP contribution in [-0.4, -0.2) is 59.1 Å². The Bertz CT molecular complexity index is 1920. The molecule has 14 heteroatoms. The summed E-state index contributed by atoms with van der Waals surface area (Å²) in [6.07, 6.45) is -0.955. The molecule has 4 N–H and O–H groups in total. The van der Waals surface area contributed by atoms with Crippen LogP contribution in [0.15, 0.2) is 97.1 Å². The van der Waals surface area contributed by atoms with Gasteiger partial charge in [0, 0.05) is 25.0 Å². The van der Waals surface area contributed by atoms with E-state index < -0.39 is 59.1 Å². The lowest BCUT2D eigenvalue weighted by molar-refractivity contribution is -0.187. The van der Waals surface area contributed by atoms with E-state index >= 15 is 0 Å². The molecule has 0 aliphatic heterocycles. The van der Waals surface area contributed by atoms with Crippen molar-refractivity contribution in [1.82, 2.24) is 0 Å². The monoisotopic (exact) mass is 740 g/mol. The largest absolute Gasteiger partial charge is 0.461 e. The van der Waals surface area contributed by atoms with Gasteiger partial charge in [-0.05, 0) is 64.1 Å². The molecular weight excluding hydrogens is 700 g/mol. The normalized spacial score (nSPS) is 13.1. The number of ether oxygens (including phenoxy) is 4. The van der Waals surface area contributed by atoms with Gasteiger partial charge in [-0.25, -0.2) is 29.0 Å². The van der Waals surface area contributed by atoms with Gasteiger partial charge in [0.2, 0.25) is 0 Å². The van der Waals surface area contributed by atoms with Gasteiger partial charge in [-0.1, -0.05) is 60.7 Å². The first-order valence-corrected chi connectivity index (χ1v) is 16.7. The maximum atomic E-state index is 13.8. The highest BCUT2D eigenvalue weighted by molar-refractivity contribution is 6.17. The highest BCUT2D eigenvalue weighted by Gasteiger charge is 2.36. The molecule has 4 aromatic carbocycles. The summed E-state index contributed by atoms with van der Waals surface area (Å²) in [6, 6.07) is 23.0. The number of para-hydroxylation sites is 2. The van der Waals surface area contributed by atoms with E-state index in [1.165, 1.54) is 86.6 Å². The topological polar surface area (TPSA) is 210 Å². The van der Waals surface area contributed by atoms with E-state index in [4.69, 9.17) is 40.2 Å². The lowest BCUT2D eigenvalue weighted by atomic mass is 9.97. The molecule has 0 saturated carbocycles. The molecule has 0 saturated heterocycles. The molecule has 0 amide bonds. The number of nitrogens with two attached hydrogens (primary N) is 2. The number of carbonyl (C=O) groups excluding carboxylic acids is 6. The lowest BCUT2D eigenvalue weighted by Crippen LogP contribution is -2.52. The van der Waals surface area contributed by atoms with Crippen LogP contribution in [0.3, 0.4) is 0 Å². The van der Waals surface area contributed by atoms with Crippen LogP contribution in [0.25, 0.3) is 0 Å². The molecule has 0 heterocycles. The van der Waals surface area contributed by atoms with E-state index in [2.05, 4.69) is 0 Å². The zero-order valence-corrected chi connectivity index (χ0v) is 30.4. The van der Waals surface area contributed by atoms with Gasteiger partial charge in [-0.15, -0.1) is 0 Å². The summed E-state index contributed by atoms with van der Waals surface area (Å²) < 4.78 is 21.8. The number of hydrogen-bond donors (Lipinski definition) is 2. The second kappa shape index (κ2) is 17.0. The Balaban J connectivity index is 1.54. The maximum absolute atomic E-state index is 13.8. The van der Waals surface area contributed by atoms with Gasteiger partial charge in [0.25, 0.3) is 11.4 Å². The minimum Gasteiger partial charge on any atom is -0.461 e. The van der Waals surface area contributed by atoms with Crippen molar-refractivity contribution in [2.45, 2.75) is 65.2 Å². The molecule has 0 aliphatic rings. The fourth-order valence-electron chi connectivity index (χ4n) is 4.86. The van der Waals surface area contributed by atoms with Crippen molar-refractivity contribution < 1.29 is 57.5 Å². The Morgan fingerprint density at radius 1 is 0.463 bits per heavy atom. The quantitative estimate of drug-likeness (QED) is 0.0568.